The van der Waals surface area contributed by atoms with Crippen molar-refractivity contribution in [3.8, 4) is 6.07 Å². The van der Waals surface area contributed by atoms with Crippen LogP contribution in [0.4, 0.5) is 0 Å². The van der Waals surface area contributed by atoms with E-state index in [9.17, 15) is 8.42 Å². The van der Waals surface area contributed by atoms with Gasteiger partial charge in [0.05, 0.1) is 29.6 Å². The number of rotatable bonds is 5. The van der Waals surface area contributed by atoms with Crippen LogP contribution < -0.4 is 4.72 Å². The van der Waals surface area contributed by atoms with Gasteiger partial charge in [-0.25, -0.2) is 13.1 Å². The van der Waals surface area contributed by atoms with E-state index in [-0.39, 0.29) is 12.3 Å². The Hall–Kier alpha value is -2.30. The summed E-state index contributed by atoms with van der Waals surface area (Å²) in [5.74, 6) is -0.239. The van der Waals surface area contributed by atoms with Gasteiger partial charge in [-0.3, -0.25) is 0 Å². The fourth-order valence-electron chi connectivity index (χ4n) is 1.62. The second-order valence-corrected chi connectivity index (χ2v) is 5.87. The van der Waals surface area contributed by atoms with Crippen LogP contribution in [0.25, 0.3) is 0 Å². The zero-order valence-corrected chi connectivity index (χ0v) is 11.3. The summed E-state index contributed by atoms with van der Waals surface area (Å²) in [4.78, 5) is 0. The summed E-state index contributed by atoms with van der Waals surface area (Å²) < 4.78 is 26.4. The van der Waals surface area contributed by atoms with Crippen LogP contribution in [-0.2, 0) is 22.3 Å². The van der Waals surface area contributed by atoms with E-state index in [0.29, 0.717) is 16.8 Å². The van der Waals surface area contributed by atoms with E-state index in [1.54, 1.807) is 36.4 Å². The Bertz CT molecular complexity index is 724. The minimum absolute atomic E-state index is 0.0743. The average Bonchev–Trinajstić information content (AvgIpc) is 2.47. The molecule has 1 N–H and O–H groups in total. The van der Waals surface area contributed by atoms with E-state index in [4.69, 9.17) is 5.26 Å². The summed E-state index contributed by atoms with van der Waals surface area (Å²) in [6, 6.07) is 12.0. The van der Waals surface area contributed by atoms with Crippen LogP contribution in [0, 0.1) is 11.3 Å². The second kappa shape index (κ2) is 6.23. The number of nitriles is 1. The highest BCUT2D eigenvalue weighted by molar-refractivity contribution is 7.88. The van der Waals surface area contributed by atoms with Crippen molar-refractivity contribution >= 4 is 10.0 Å². The molecule has 20 heavy (non-hydrogen) atoms. The highest BCUT2D eigenvalue weighted by Gasteiger charge is 2.14. The third kappa shape index (κ3) is 3.85. The standard InChI is InChI=1S/C13H12N4O2S/c14-8-11-4-1-2-5-12(11)10-20(18,19)16-9-13-6-3-7-15-17-13/h1-7,16H,9-10H2. The minimum Gasteiger partial charge on any atom is -0.212 e. The van der Waals surface area contributed by atoms with Gasteiger partial charge in [0.25, 0.3) is 0 Å². The van der Waals surface area contributed by atoms with Gasteiger partial charge in [0.1, 0.15) is 0 Å². The summed E-state index contributed by atoms with van der Waals surface area (Å²) in [5, 5.41) is 16.4. The number of aromatic nitrogens is 2. The van der Waals surface area contributed by atoms with Gasteiger partial charge in [-0.05, 0) is 23.8 Å². The lowest BCUT2D eigenvalue weighted by Crippen LogP contribution is -2.25. The maximum Gasteiger partial charge on any atom is 0.216 e. The number of sulfonamides is 1. The first-order valence-corrected chi connectivity index (χ1v) is 7.48. The third-order valence-electron chi connectivity index (χ3n) is 2.58. The zero-order chi connectivity index (χ0) is 14.4. The van der Waals surface area contributed by atoms with Gasteiger partial charge in [-0.15, -0.1) is 0 Å². The lowest BCUT2D eigenvalue weighted by Gasteiger charge is -2.07. The monoisotopic (exact) mass is 288 g/mol. The summed E-state index contributed by atoms with van der Waals surface area (Å²) >= 11 is 0. The topological polar surface area (TPSA) is 95.7 Å². The molecular weight excluding hydrogens is 276 g/mol. The second-order valence-electron chi connectivity index (χ2n) is 4.06. The van der Waals surface area contributed by atoms with Gasteiger partial charge in [0.2, 0.25) is 10.0 Å². The Kier molecular flexibility index (Phi) is 4.40. The molecule has 1 aromatic carbocycles. The smallest absolute Gasteiger partial charge is 0.212 e. The molecule has 7 heteroatoms. The molecule has 102 valence electrons. The number of nitrogens with one attached hydrogen (secondary N) is 1. The maximum absolute atomic E-state index is 12.0. The molecule has 0 saturated heterocycles. The molecule has 6 nitrogen and oxygen atoms in total. The maximum atomic E-state index is 12.0. The van der Waals surface area contributed by atoms with E-state index in [0.717, 1.165) is 0 Å². The Morgan fingerprint density at radius 3 is 2.70 bits per heavy atom. The fraction of sp³-hybridized carbons (Fsp3) is 0.154. The summed E-state index contributed by atoms with van der Waals surface area (Å²) in [7, 11) is -3.53. The number of benzene rings is 1. The van der Waals surface area contributed by atoms with Crippen LogP contribution in [-0.4, -0.2) is 18.6 Å². The quantitative estimate of drug-likeness (QED) is 0.884. The summed E-state index contributed by atoms with van der Waals surface area (Å²) in [5.41, 5.74) is 1.36. The van der Waals surface area contributed by atoms with E-state index in [1.807, 2.05) is 6.07 Å². The first-order chi connectivity index (χ1) is 9.61. The number of nitrogens with zero attached hydrogens (tertiary/aromatic N) is 3. The lowest BCUT2D eigenvalue weighted by molar-refractivity contribution is 0.579. The SMILES string of the molecule is N#Cc1ccccc1CS(=O)(=O)NCc1cccnn1. The summed E-state index contributed by atoms with van der Waals surface area (Å²) in [6.07, 6.45) is 1.52. The van der Waals surface area contributed by atoms with Gasteiger partial charge in [0, 0.05) is 6.20 Å². The molecular formula is C13H12N4O2S. The Morgan fingerprint density at radius 1 is 1.20 bits per heavy atom. The van der Waals surface area contributed by atoms with E-state index in [1.165, 1.54) is 6.20 Å². The van der Waals surface area contributed by atoms with Crippen molar-refractivity contribution in [3.63, 3.8) is 0 Å². The molecule has 0 spiro atoms. The fourth-order valence-corrected chi connectivity index (χ4v) is 2.75. The van der Waals surface area contributed by atoms with E-state index < -0.39 is 10.0 Å². The predicted octanol–water partition coefficient (Wildman–Crippen LogP) is 0.968. The molecule has 2 rings (SSSR count). The first kappa shape index (κ1) is 14.1. The molecule has 0 unspecified atom stereocenters. The first-order valence-electron chi connectivity index (χ1n) is 5.82. The van der Waals surface area contributed by atoms with Crippen molar-refractivity contribution in [2.24, 2.45) is 0 Å². The highest BCUT2D eigenvalue weighted by Crippen LogP contribution is 2.11. The van der Waals surface area contributed by atoms with Crippen molar-refractivity contribution in [3.05, 3.63) is 59.4 Å². The lowest BCUT2D eigenvalue weighted by atomic mass is 10.1. The van der Waals surface area contributed by atoms with Crippen molar-refractivity contribution in [1.82, 2.24) is 14.9 Å². The van der Waals surface area contributed by atoms with Crippen molar-refractivity contribution in [2.75, 3.05) is 0 Å². The van der Waals surface area contributed by atoms with Crippen LogP contribution in [0.2, 0.25) is 0 Å². The van der Waals surface area contributed by atoms with Crippen molar-refractivity contribution in [1.29, 1.82) is 5.26 Å². The van der Waals surface area contributed by atoms with Crippen LogP contribution >= 0.6 is 0 Å². The molecule has 1 aromatic heterocycles. The molecule has 0 saturated carbocycles. The molecule has 2 aromatic rings. The third-order valence-corrected chi connectivity index (χ3v) is 3.86. The van der Waals surface area contributed by atoms with Crippen molar-refractivity contribution < 1.29 is 8.42 Å². The normalized spacial score (nSPS) is 10.9. The van der Waals surface area contributed by atoms with Crippen LogP contribution in [0.1, 0.15) is 16.8 Å². The number of hydrogen-bond acceptors (Lipinski definition) is 5. The Morgan fingerprint density at radius 2 is 2.00 bits per heavy atom. The molecule has 0 radical (unpaired) electrons. The number of hydrogen-bond donors (Lipinski definition) is 1. The Balaban J connectivity index is 2.06. The molecule has 0 amide bonds. The highest BCUT2D eigenvalue weighted by atomic mass is 32.2. The van der Waals surface area contributed by atoms with Gasteiger partial charge in [-0.2, -0.15) is 15.5 Å². The molecule has 0 atom stereocenters. The zero-order valence-electron chi connectivity index (χ0n) is 10.5. The molecule has 1 heterocycles. The largest absolute Gasteiger partial charge is 0.216 e. The predicted molar refractivity (Wildman–Crippen MR) is 72.7 cm³/mol. The van der Waals surface area contributed by atoms with Crippen LogP contribution in [0.15, 0.2) is 42.6 Å². The molecule has 0 aliphatic rings. The van der Waals surface area contributed by atoms with Gasteiger partial charge in [-0.1, -0.05) is 18.2 Å². The van der Waals surface area contributed by atoms with Gasteiger partial charge >= 0.3 is 0 Å². The minimum atomic E-state index is -3.53. The van der Waals surface area contributed by atoms with Gasteiger partial charge < -0.3 is 0 Å². The van der Waals surface area contributed by atoms with Crippen LogP contribution in [0.5, 0.6) is 0 Å². The molecule has 0 fully saturated rings. The summed E-state index contributed by atoms with van der Waals surface area (Å²) in [6.45, 7) is 0.0743. The van der Waals surface area contributed by atoms with E-state index in [2.05, 4.69) is 14.9 Å². The average molecular weight is 288 g/mol. The molecule has 0 aliphatic carbocycles. The van der Waals surface area contributed by atoms with Gasteiger partial charge in [0.15, 0.2) is 0 Å². The molecule has 0 aliphatic heterocycles. The Labute approximate surface area is 117 Å². The van der Waals surface area contributed by atoms with E-state index >= 15 is 0 Å². The molecule has 0 bridgehead atoms. The van der Waals surface area contributed by atoms with Crippen LogP contribution in [0.3, 0.4) is 0 Å². The van der Waals surface area contributed by atoms with Crippen molar-refractivity contribution in [2.45, 2.75) is 12.3 Å².